The lowest BCUT2D eigenvalue weighted by Crippen LogP contribution is -2.45. The van der Waals surface area contributed by atoms with Gasteiger partial charge in [-0.1, -0.05) is 0 Å². The Morgan fingerprint density at radius 3 is 2.58 bits per heavy atom. The van der Waals surface area contributed by atoms with E-state index in [-0.39, 0.29) is 6.42 Å². The fourth-order valence-electron chi connectivity index (χ4n) is 2.29. The van der Waals surface area contributed by atoms with E-state index < -0.39 is 29.4 Å². The van der Waals surface area contributed by atoms with Crippen molar-refractivity contribution in [3.05, 3.63) is 40.2 Å². The highest BCUT2D eigenvalue weighted by molar-refractivity contribution is 6.00. The number of hydrogen-bond acceptors (Lipinski definition) is 5. The van der Waals surface area contributed by atoms with Crippen LogP contribution in [0.3, 0.4) is 0 Å². The van der Waals surface area contributed by atoms with Crippen molar-refractivity contribution in [2.24, 2.45) is 5.73 Å². The van der Waals surface area contributed by atoms with Gasteiger partial charge in [0, 0.05) is 30.1 Å². The Morgan fingerprint density at radius 2 is 1.96 bits per heavy atom. The van der Waals surface area contributed by atoms with Crippen LogP contribution in [-0.2, 0) is 14.4 Å². The minimum absolute atomic E-state index is 0.323. The van der Waals surface area contributed by atoms with E-state index in [1.54, 1.807) is 19.1 Å². The number of fused-ring (bicyclic) bond motifs is 1. The second-order valence-corrected chi connectivity index (χ2v) is 5.37. The fourth-order valence-corrected chi connectivity index (χ4v) is 2.29. The number of rotatable bonds is 5. The maximum absolute atomic E-state index is 12.2. The van der Waals surface area contributed by atoms with Gasteiger partial charge in [0.1, 0.15) is 11.6 Å². The molecule has 126 valence electrons. The topological polar surface area (TPSA) is 132 Å². The van der Waals surface area contributed by atoms with Crippen LogP contribution in [-0.4, -0.2) is 23.8 Å². The summed E-state index contributed by atoms with van der Waals surface area (Å²) in [7, 11) is 0. The molecule has 0 bridgehead atoms. The van der Waals surface area contributed by atoms with E-state index >= 15 is 0 Å². The first-order valence-electron chi connectivity index (χ1n) is 7.17. The van der Waals surface area contributed by atoms with E-state index in [4.69, 9.17) is 10.2 Å². The van der Waals surface area contributed by atoms with Gasteiger partial charge in [-0.2, -0.15) is 0 Å². The van der Waals surface area contributed by atoms with Crippen molar-refractivity contribution >= 4 is 34.4 Å². The Labute approximate surface area is 137 Å². The van der Waals surface area contributed by atoms with Crippen molar-refractivity contribution in [1.29, 1.82) is 0 Å². The van der Waals surface area contributed by atoms with Crippen molar-refractivity contribution in [2.45, 2.75) is 26.3 Å². The van der Waals surface area contributed by atoms with Gasteiger partial charge in [-0.15, -0.1) is 0 Å². The van der Waals surface area contributed by atoms with Crippen LogP contribution in [0.5, 0.6) is 0 Å². The fraction of sp³-hybridized carbons (Fsp3) is 0.250. The van der Waals surface area contributed by atoms with Crippen molar-refractivity contribution in [2.75, 3.05) is 5.32 Å². The SMILES string of the molecule is CC(=O)NC(CC(N)=O)C(=O)Nc1ccc2c(C)cc(=O)oc2c1. The summed E-state index contributed by atoms with van der Waals surface area (Å²) in [5.41, 5.74) is 6.03. The third-order valence-corrected chi connectivity index (χ3v) is 3.32. The Bertz CT molecular complexity index is 856. The number of carbonyl (C=O) groups is 3. The van der Waals surface area contributed by atoms with E-state index in [1.807, 2.05) is 0 Å². The molecule has 0 saturated carbocycles. The lowest BCUT2D eigenvalue weighted by molar-refractivity contribution is -0.127. The lowest BCUT2D eigenvalue weighted by Gasteiger charge is -2.16. The highest BCUT2D eigenvalue weighted by Crippen LogP contribution is 2.20. The highest BCUT2D eigenvalue weighted by atomic mass is 16.4. The molecule has 0 aliphatic heterocycles. The Hall–Kier alpha value is -3.16. The van der Waals surface area contributed by atoms with E-state index in [2.05, 4.69) is 10.6 Å². The van der Waals surface area contributed by atoms with E-state index in [1.165, 1.54) is 19.1 Å². The van der Waals surface area contributed by atoms with Crippen molar-refractivity contribution in [3.8, 4) is 0 Å². The van der Waals surface area contributed by atoms with Crippen LogP contribution in [0.2, 0.25) is 0 Å². The van der Waals surface area contributed by atoms with Gasteiger partial charge in [0.2, 0.25) is 17.7 Å². The second-order valence-electron chi connectivity index (χ2n) is 5.37. The molecule has 8 nitrogen and oxygen atoms in total. The van der Waals surface area contributed by atoms with Gasteiger partial charge >= 0.3 is 5.63 Å². The number of anilines is 1. The molecule has 2 rings (SSSR count). The standard InChI is InChI=1S/C16H17N3O5/c1-8-5-15(22)24-13-6-10(3-4-11(8)13)19-16(23)12(7-14(17)21)18-9(2)20/h3-6,12H,7H2,1-2H3,(H2,17,21)(H,18,20)(H,19,23). The molecular weight excluding hydrogens is 314 g/mol. The van der Waals surface area contributed by atoms with Crippen molar-refractivity contribution < 1.29 is 18.8 Å². The van der Waals surface area contributed by atoms with Gasteiger partial charge in [0.15, 0.2) is 0 Å². The van der Waals surface area contributed by atoms with Gasteiger partial charge in [-0.05, 0) is 24.6 Å². The first-order valence-corrected chi connectivity index (χ1v) is 7.17. The Balaban J connectivity index is 2.26. The number of hydrogen-bond donors (Lipinski definition) is 3. The largest absolute Gasteiger partial charge is 0.423 e. The third kappa shape index (κ3) is 4.19. The minimum Gasteiger partial charge on any atom is -0.423 e. The van der Waals surface area contributed by atoms with Crippen LogP contribution in [0.1, 0.15) is 18.9 Å². The predicted molar refractivity (Wildman–Crippen MR) is 87.3 cm³/mol. The zero-order chi connectivity index (χ0) is 17.9. The number of primary amides is 1. The van der Waals surface area contributed by atoms with Crippen LogP contribution in [0.25, 0.3) is 11.0 Å². The van der Waals surface area contributed by atoms with Gasteiger partial charge < -0.3 is 20.8 Å². The molecule has 0 spiro atoms. The number of aryl methyl sites for hydroxylation is 1. The number of benzene rings is 1. The molecule has 1 aromatic heterocycles. The summed E-state index contributed by atoms with van der Waals surface area (Å²) in [6.45, 7) is 3.01. The number of nitrogens with two attached hydrogens (primary N) is 1. The zero-order valence-corrected chi connectivity index (χ0v) is 13.2. The molecule has 0 fully saturated rings. The first-order chi connectivity index (χ1) is 11.3. The molecule has 1 atom stereocenters. The molecule has 1 unspecified atom stereocenters. The third-order valence-electron chi connectivity index (χ3n) is 3.32. The molecule has 0 radical (unpaired) electrons. The molecule has 0 saturated heterocycles. The Morgan fingerprint density at radius 1 is 1.25 bits per heavy atom. The maximum atomic E-state index is 12.2. The van der Waals surface area contributed by atoms with Crippen LogP contribution in [0.4, 0.5) is 5.69 Å². The first kappa shape index (κ1) is 17.2. The monoisotopic (exact) mass is 331 g/mol. The van der Waals surface area contributed by atoms with Crippen LogP contribution in [0, 0.1) is 6.92 Å². The number of amides is 3. The summed E-state index contributed by atoms with van der Waals surface area (Å²) in [4.78, 5) is 45.9. The summed E-state index contributed by atoms with van der Waals surface area (Å²) in [5.74, 6) is -1.78. The normalized spacial score (nSPS) is 11.8. The summed E-state index contributed by atoms with van der Waals surface area (Å²) < 4.78 is 5.10. The van der Waals surface area contributed by atoms with Gasteiger partial charge in [0.05, 0.1) is 6.42 Å². The summed E-state index contributed by atoms with van der Waals surface area (Å²) >= 11 is 0. The quantitative estimate of drug-likeness (QED) is 0.683. The second kappa shape index (κ2) is 6.95. The van der Waals surface area contributed by atoms with E-state index in [0.29, 0.717) is 11.3 Å². The minimum atomic E-state index is -1.08. The van der Waals surface area contributed by atoms with Gasteiger partial charge in [-0.25, -0.2) is 4.79 Å². The van der Waals surface area contributed by atoms with E-state index in [9.17, 15) is 19.2 Å². The van der Waals surface area contributed by atoms with E-state index in [0.717, 1.165) is 10.9 Å². The molecule has 1 heterocycles. The molecule has 0 aliphatic carbocycles. The molecule has 3 amide bonds. The smallest absolute Gasteiger partial charge is 0.336 e. The zero-order valence-electron chi connectivity index (χ0n) is 13.2. The van der Waals surface area contributed by atoms with Crippen molar-refractivity contribution in [1.82, 2.24) is 5.32 Å². The van der Waals surface area contributed by atoms with Gasteiger partial charge in [-0.3, -0.25) is 14.4 Å². The average Bonchev–Trinajstić information content (AvgIpc) is 2.44. The number of carbonyl (C=O) groups excluding carboxylic acids is 3. The molecule has 0 aliphatic rings. The highest BCUT2D eigenvalue weighted by Gasteiger charge is 2.22. The molecule has 8 heteroatoms. The average molecular weight is 331 g/mol. The van der Waals surface area contributed by atoms with Crippen LogP contribution < -0.4 is 22.0 Å². The molecule has 2 aromatic rings. The lowest BCUT2D eigenvalue weighted by atomic mass is 10.1. The molecule has 4 N–H and O–H groups in total. The summed E-state index contributed by atoms with van der Waals surface area (Å²) in [6, 6.07) is 5.12. The summed E-state index contributed by atoms with van der Waals surface area (Å²) in [6.07, 6.45) is -0.326. The van der Waals surface area contributed by atoms with Crippen molar-refractivity contribution in [3.63, 3.8) is 0 Å². The molecular formula is C16H17N3O5. The molecule has 1 aromatic carbocycles. The predicted octanol–water partition coefficient (Wildman–Crippen LogP) is 0.420. The van der Waals surface area contributed by atoms with Gasteiger partial charge in [0.25, 0.3) is 0 Å². The maximum Gasteiger partial charge on any atom is 0.336 e. The number of nitrogens with one attached hydrogen (secondary N) is 2. The Kier molecular flexibility index (Phi) is 4.98. The van der Waals surface area contributed by atoms with Crippen LogP contribution >= 0.6 is 0 Å². The molecule has 24 heavy (non-hydrogen) atoms. The van der Waals surface area contributed by atoms with Crippen LogP contribution in [0.15, 0.2) is 33.5 Å². The summed E-state index contributed by atoms with van der Waals surface area (Å²) in [5, 5.41) is 5.66.